The van der Waals surface area contributed by atoms with Crippen molar-refractivity contribution in [2.45, 2.75) is 248 Å². The van der Waals surface area contributed by atoms with Crippen molar-refractivity contribution in [2.24, 2.45) is 50.2 Å². The molecule has 8 fully saturated rings. The molecule has 0 amide bonds. The van der Waals surface area contributed by atoms with E-state index in [2.05, 4.69) is 40.7 Å². The van der Waals surface area contributed by atoms with E-state index in [-0.39, 0.29) is 41.4 Å². The molecule has 0 aromatic rings. The Bertz CT molecular complexity index is 2440. The van der Waals surface area contributed by atoms with Gasteiger partial charge in [0, 0.05) is 17.4 Å². The summed E-state index contributed by atoms with van der Waals surface area (Å²) in [6, 6.07) is 0. The molecule has 30 unspecified atom stereocenters. The van der Waals surface area contributed by atoms with Crippen molar-refractivity contribution < 1.29 is 129 Å². The molecule has 486 valence electrons. The van der Waals surface area contributed by atoms with E-state index in [0.29, 0.717) is 32.1 Å². The van der Waals surface area contributed by atoms with Gasteiger partial charge in [-0.15, -0.1) is 0 Å². The molecular weight excluding hydrogens is 1120 g/mol. The third kappa shape index (κ3) is 11.2. The summed E-state index contributed by atoms with van der Waals surface area (Å²) in [7, 11) is 0. The van der Waals surface area contributed by atoms with Gasteiger partial charge in [-0.3, -0.25) is 4.79 Å². The number of allylic oxidation sites excluding steroid dienone is 3. The van der Waals surface area contributed by atoms with E-state index in [9.17, 15) is 81.4 Å². The summed E-state index contributed by atoms with van der Waals surface area (Å²) in [4.78, 5) is 28.8. The van der Waals surface area contributed by atoms with Crippen LogP contribution in [0, 0.1) is 50.2 Å². The van der Waals surface area contributed by atoms with Crippen molar-refractivity contribution in [1.29, 1.82) is 0 Å². The molecule has 85 heavy (non-hydrogen) atoms. The van der Waals surface area contributed by atoms with Gasteiger partial charge in [0.05, 0.1) is 56.8 Å². The van der Waals surface area contributed by atoms with Crippen LogP contribution in [0.4, 0.5) is 0 Å². The number of esters is 1. The van der Waals surface area contributed by atoms with Gasteiger partial charge in [0.1, 0.15) is 97.3 Å². The summed E-state index contributed by atoms with van der Waals surface area (Å²) in [6.45, 7) is 14.4. The number of aliphatic hydroxyl groups excluding tert-OH is 15. The van der Waals surface area contributed by atoms with Crippen molar-refractivity contribution in [3.8, 4) is 0 Å². The van der Waals surface area contributed by atoms with Crippen molar-refractivity contribution in [3.63, 3.8) is 0 Å². The van der Waals surface area contributed by atoms with E-state index in [0.717, 1.165) is 5.57 Å². The van der Waals surface area contributed by atoms with Crippen LogP contribution in [0.1, 0.15) is 107 Å². The molecule has 0 radical (unpaired) electrons. The lowest BCUT2D eigenvalue weighted by Gasteiger charge is -2.71. The number of fused-ring (bicyclic) bond motifs is 7. The largest absolute Gasteiger partial charge is 0.453 e. The van der Waals surface area contributed by atoms with Gasteiger partial charge < -0.3 is 119 Å². The van der Waals surface area contributed by atoms with Crippen LogP contribution >= 0.6 is 0 Å². The Labute approximate surface area is 494 Å². The standard InChI is InChI=1S/C59H94O26/c1-10-24(2)49(76)85-46-38(66)30(22-78-51-43(71)40(68)36(64)28(20-61)81-51)83-53(45(46)73)84-34-14-15-56(7)31(55(34,5)6)13-16-57(8)32(56)12-11-25-26-17-54(3,4)47(74)48(75)59(26,33(62)18-58(25,57)9)23-79-52-44(72)41(69)37(65)29(82-52)21-77-50-42(70)39(67)35(63)27(19-60)80-50/h10-11,26-32,34-48,50-53,60-61,63-75H,12-23H2,1-9H3. The Morgan fingerprint density at radius 1 is 0.612 bits per heavy atom. The Hall–Kier alpha value is -2.30. The lowest BCUT2D eigenvalue weighted by molar-refractivity contribution is -0.345. The van der Waals surface area contributed by atoms with Crippen molar-refractivity contribution in [1.82, 2.24) is 0 Å². The monoisotopic (exact) mass is 1220 g/mol. The number of ether oxygens (including phenoxy) is 9. The maximum atomic E-state index is 15.6. The van der Waals surface area contributed by atoms with Crippen LogP contribution in [0.25, 0.3) is 0 Å². The van der Waals surface area contributed by atoms with E-state index >= 15 is 4.79 Å². The average molecular weight is 1220 g/mol. The summed E-state index contributed by atoms with van der Waals surface area (Å²) in [5.41, 5.74) is -3.88. The quantitative estimate of drug-likeness (QED) is 0.0338. The van der Waals surface area contributed by atoms with Gasteiger partial charge in [-0.1, -0.05) is 66.2 Å². The molecular formula is C59H94O26. The first-order valence-corrected chi connectivity index (χ1v) is 30.0. The van der Waals surface area contributed by atoms with Crippen LogP contribution in [0.15, 0.2) is 23.3 Å². The second kappa shape index (κ2) is 24.7. The fraction of sp³-hybridized carbons (Fsp3) is 0.898. The second-order valence-electron chi connectivity index (χ2n) is 27.8. The van der Waals surface area contributed by atoms with Crippen molar-refractivity contribution in [3.05, 3.63) is 23.3 Å². The summed E-state index contributed by atoms with van der Waals surface area (Å²) >= 11 is 0. The third-order valence-corrected chi connectivity index (χ3v) is 22.5. The molecule has 4 aliphatic heterocycles. The van der Waals surface area contributed by atoms with Gasteiger partial charge in [-0.05, 0) is 91.8 Å². The molecule has 0 spiro atoms. The van der Waals surface area contributed by atoms with Crippen LogP contribution in [0.3, 0.4) is 0 Å². The van der Waals surface area contributed by atoms with E-state index in [1.807, 2.05) is 13.8 Å². The van der Waals surface area contributed by atoms with Crippen LogP contribution in [-0.4, -0.2) is 263 Å². The molecule has 9 aliphatic rings. The molecule has 0 bridgehead atoms. The smallest absolute Gasteiger partial charge is 0.333 e. The minimum atomic E-state index is -1.89. The number of rotatable bonds is 15. The van der Waals surface area contributed by atoms with Gasteiger partial charge in [-0.25, -0.2) is 4.79 Å². The summed E-state index contributed by atoms with van der Waals surface area (Å²) in [5.74, 6) is -1.92. The number of Topliss-reactive ketones (excluding diaryl/α,β-unsaturated/α-hetero) is 1. The van der Waals surface area contributed by atoms with Gasteiger partial charge in [0.25, 0.3) is 0 Å². The van der Waals surface area contributed by atoms with Crippen molar-refractivity contribution >= 4 is 11.8 Å². The molecule has 26 heteroatoms. The Morgan fingerprint density at radius 2 is 1.12 bits per heavy atom. The van der Waals surface area contributed by atoms with Crippen LogP contribution in [0.5, 0.6) is 0 Å². The molecule has 5 aliphatic carbocycles. The van der Waals surface area contributed by atoms with Gasteiger partial charge in [0.15, 0.2) is 31.3 Å². The van der Waals surface area contributed by atoms with Crippen LogP contribution < -0.4 is 0 Å². The first kappa shape index (κ1) is 67.1. The number of carbonyl (C=O) groups excluding carboxylic acids is 2. The van der Waals surface area contributed by atoms with E-state index in [1.54, 1.807) is 6.92 Å². The Balaban J connectivity index is 0.943. The minimum Gasteiger partial charge on any atom is -0.453 e. The molecule has 0 aromatic carbocycles. The first-order chi connectivity index (χ1) is 39.7. The number of hydrogen-bond acceptors (Lipinski definition) is 26. The topological polar surface area (TPSA) is 421 Å². The molecule has 4 saturated heterocycles. The predicted octanol–water partition coefficient (Wildman–Crippen LogP) is -2.92. The van der Waals surface area contributed by atoms with Gasteiger partial charge in [-0.2, -0.15) is 0 Å². The van der Waals surface area contributed by atoms with Gasteiger partial charge >= 0.3 is 5.97 Å². The maximum Gasteiger partial charge on any atom is 0.333 e. The Morgan fingerprint density at radius 3 is 1.66 bits per heavy atom. The fourth-order valence-corrected chi connectivity index (χ4v) is 16.8. The van der Waals surface area contributed by atoms with Crippen LogP contribution in [0.2, 0.25) is 0 Å². The highest BCUT2D eigenvalue weighted by Crippen LogP contribution is 2.75. The predicted molar refractivity (Wildman–Crippen MR) is 289 cm³/mol. The minimum absolute atomic E-state index is 0.00788. The normalized spacial score (nSPS) is 51.6. The zero-order valence-electron chi connectivity index (χ0n) is 49.9. The molecule has 0 aromatic heterocycles. The Kier molecular flexibility index (Phi) is 19.5. The molecule has 4 saturated carbocycles. The summed E-state index contributed by atoms with van der Waals surface area (Å²) in [5, 5.41) is 163. The van der Waals surface area contributed by atoms with E-state index in [1.165, 1.54) is 13.0 Å². The molecule has 9 rings (SSSR count). The average Bonchev–Trinajstić information content (AvgIpc) is 0.704. The number of ketones is 1. The number of hydrogen-bond donors (Lipinski definition) is 15. The highest BCUT2D eigenvalue weighted by molar-refractivity contribution is 5.90. The highest BCUT2D eigenvalue weighted by Gasteiger charge is 2.73. The summed E-state index contributed by atoms with van der Waals surface area (Å²) in [6.07, 6.45) is -29.6. The van der Waals surface area contributed by atoms with Crippen LogP contribution in [-0.2, 0) is 52.2 Å². The number of aliphatic hydroxyl groups is 15. The van der Waals surface area contributed by atoms with E-state index in [4.69, 9.17) is 42.6 Å². The SMILES string of the molecule is CC=C(C)C(=O)OC1C(O)C(COC2OC(CO)C(O)C(O)C2O)OC(OC2CCC3(C)C(CCC4(C)C3CC=C3C5CC(C)(C)C(O)C(O)C5(COC5OC(COC6OC(CO)C(O)C(O)C6O)C(O)C(O)C5O)C(=O)CC34C)C2(C)C)C1O. The molecule has 26 nitrogen and oxygen atoms in total. The lowest BCUT2D eigenvalue weighted by Crippen LogP contribution is -2.71. The van der Waals surface area contributed by atoms with Crippen molar-refractivity contribution in [2.75, 3.05) is 33.0 Å². The fourth-order valence-electron chi connectivity index (χ4n) is 16.8. The van der Waals surface area contributed by atoms with E-state index < -0.39 is 213 Å². The first-order valence-electron chi connectivity index (χ1n) is 30.0. The highest BCUT2D eigenvalue weighted by atomic mass is 16.7. The maximum absolute atomic E-state index is 15.6. The lowest BCUT2D eigenvalue weighted by atomic mass is 9.33. The molecule has 4 heterocycles. The second-order valence-corrected chi connectivity index (χ2v) is 27.8. The van der Waals surface area contributed by atoms with Gasteiger partial charge in [0.2, 0.25) is 0 Å². The summed E-state index contributed by atoms with van der Waals surface area (Å²) < 4.78 is 53.4. The zero-order valence-corrected chi connectivity index (χ0v) is 49.9. The third-order valence-electron chi connectivity index (χ3n) is 22.5. The zero-order chi connectivity index (χ0) is 62.6. The number of carbonyl (C=O) groups is 2. The molecule has 30 atom stereocenters. The molecule has 15 N–H and O–H groups in total.